The molecule has 0 atom stereocenters. The van der Waals surface area contributed by atoms with Crippen LogP contribution in [0.25, 0.3) is 0 Å². The normalized spacial score (nSPS) is 11.3. The van der Waals surface area contributed by atoms with E-state index < -0.39 is 15.9 Å². The zero-order chi connectivity index (χ0) is 14.3. The number of amides is 1. The van der Waals surface area contributed by atoms with Crippen molar-refractivity contribution in [2.45, 2.75) is 19.8 Å². The fraction of sp³-hybridized carbons (Fsp3) is 0.417. The van der Waals surface area contributed by atoms with Crippen LogP contribution in [0.4, 0.5) is 5.69 Å². The number of hydrogen-bond donors (Lipinski definition) is 2. The maximum atomic E-state index is 11.6. The van der Waals surface area contributed by atoms with Gasteiger partial charge in [0.2, 0.25) is 15.9 Å². The van der Waals surface area contributed by atoms with Crippen LogP contribution in [-0.2, 0) is 14.8 Å². The van der Waals surface area contributed by atoms with Gasteiger partial charge in [-0.2, -0.15) is 0 Å². The van der Waals surface area contributed by atoms with Crippen LogP contribution in [0.15, 0.2) is 28.7 Å². The summed E-state index contributed by atoms with van der Waals surface area (Å²) in [7, 11) is -3.36. The Kier molecular flexibility index (Phi) is 6.47. The smallest absolute Gasteiger partial charge is 0.239 e. The van der Waals surface area contributed by atoms with E-state index in [0.29, 0.717) is 12.1 Å². The highest BCUT2D eigenvalue weighted by Gasteiger charge is 2.12. The molecule has 2 N–H and O–H groups in total. The number of para-hydroxylation sites is 1. The molecule has 0 radical (unpaired) electrons. The van der Waals surface area contributed by atoms with E-state index in [4.69, 9.17) is 0 Å². The number of carbonyl (C=O) groups is 1. The minimum Gasteiger partial charge on any atom is -0.324 e. The molecular weight excluding hydrogens is 332 g/mol. The van der Waals surface area contributed by atoms with Crippen molar-refractivity contribution in [1.82, 2.24) is 4.72 Å². The van der Waals surface area contributed by atoms with Crippen LogP contribution < -0.4 is 10.0 Å². The van der Waals surface area contributed by atoms with Gasteiger partial charge in [0.05, 0.1) is 18.0 Å². The Morgan fingerprint density at radius 2 is 2.00 bits per heavy atom. The van der Waals surface area contributed by atoms with E-state index in [9.17, 15) is 13.2 Å². The number of anilines is 1. The van der Waals surface area contributed by atoms with Crippen LogP contribution in [0.3, 0.4) is 0 Å². The van der Waals surface area contributed by atoms with E-state index in [1.165, 1.54) is 0 Å². The maximum absolute atomic E-state index is 11.6. The van der Waals surface area contributed by atoms with Crippen LogP contribution >= 0.6 is 15.9 Å². The number of halogens is 1. The van der Waals surface area contributed by atoms with Crippen molar-refractivity contribution >= 4 is 37.5 Å². The average molecular weight is 349 g/mol. The molecule has 0 saturated heterocycles. The van der Waals surface area contributed by atoms with E-state index in [-0.39, 0.29) is 12.3 Å². The third-order valence-corrected chi connectivity index (χ3v) is 4.47. The van der Waals surface area contributed by atoms with Crippen molar-refractivity contribution in [3.8, 4) is 0 Å². The van der Waals surface area contributed by atoms with E-state index in [0.717, 1.165) is 10.9 Å². The number of rotatable bonds is 7. The monoisotopic (exact) mass is 348 g/mol. The van der Waals surface area contributed by atoms with Gasteiger partial charge in [-0.15, -0.1) is 0 Å². The summed E-state index contributed by atoms with van der Waals surface area (Å²) >= 11 is 3.30. The Morgan fingerprint density at radius 1 is 1.32 bits per heavy atom. The molecule has 1 aromatic rings. The van der Waals surface area contributed by atoms with Crippen molar-refractivity contribution in [2.75, 3.05) is 17.6 Å². The van der Waals surface area contributed by atoms with Gasteiger partial charge in [-0.1, -0.05) is 25.5 Å². The van der Waals surface area contributed by atoms with Gasteiger partial charge in [0.1, 0.15) is 0 Å². The molecule has 0 aliphatic rings. The molecule has 0 bridgehead atoms. The van der Waals surface area contributed by atoms with Gasteiger partial charge < -0.3 is 5.32 Å². The summed E-state index contributed by atoms with van der Waals surface area (Å²) in [5.74, 6) is -0.349. The van der Waals surface area contributed by atoms with Gasteiger partial charge in [-0.05, 0) is 34.5 Å². The summed E-state index contributed by atoms with van der Waals surface area (Å²) < 4.78 is 26.1. The molecule has 1 rings (SSSR count). The summed E-state index contributed by atoms with van der Waals surface area (Å²) in [5, 5.41) is 2.63. The molecule has 19 heavy (non-hydrogen) atoms. The van der Waals surface area contributed by atoms with Crippen LogP contribution in [0.5, 0.6) is 0 Å². The first-order valence-corrected chi connectivity index (χ1v) is 8.41. The van der Waals surface area contributed by atoms with Crippen molar-refractivity contribution in [3.05, 3.63) is 28.7 Å². The average Bonchev–Trinajstić information content (AvgIpc) is 2.37. The Labute approximate surface area is 122 Å². The lowest BCUT2D eigenvalue weighted by molar-refractivity contribution is -0.115. The first kappa shape index (κ1) is 16.1. The third kappa shape index (κ3) is 6.17. The van der Waals surface area contributed by atoms with Crippen molar-refractivity contribution in [1.29, 1.82) is 0 Å². The van der Waals surface area contributed by atoms with Crippen LogP contribution in [-0.4, -0.2) is 26.6 Å². The molecule has 0 aromatic heterocycles. The molecule has 0 aliphatic carbocycles. The summed E-state index contributed by atoms with van der Waals surface area (Å²) in [6.45, 7) is 1.66. The molecule has 0 fully saturated rings. The van der Waals surface area contributed by atoms with Gasteiger partial charge in [0, 0.05) is 4.47 Å². The highest BCUT2D eigenvalue weighted by atomic mass is 79.9. The molecule has 0 unspecified atom stereocenters. The molecule has 0 aliphatic heterocycles. The molecule has 7 heteroatoms. The number of sulfonamides is 1. The molecule has 0 spiro atoms. The van der Waals surface area contributed by atoms with Gasteiger partial charge in [-0.25, -0.2) is 13.1 Å². The van der Waals surface area contributed by atoms with Crippen LogP contribution in [0.1, 0.15) is 19.8 Å². The minimum absolute atomic E-state index is 0.0474. The van der Waals surface area contributed by atoms with Crippen LogP contribution in [0, 0.1) is 0 Å². The SMILES string of the molecule is CCCCS(=O)(=O)NCC(=O)Nc1ccccc1Br. The van der Waals surface area contributed by atoms with Gasteiger partial charge in [-0.3, -0.25) is 4.79 Å². The van der Waals surface area contributed by atoms with Crippen molar-refractivity contribution in [2.24, 2.45) is 0 Å². The second kappa shape index (κ2) is 7.62. The quantitative estimate of drug-likeness (QED) is 0.792. The third-order valence-electron chi connectivity index (χ3n) is 2.37. The molecule has 0 saturated carbocycles. The number of unbranched alkanes of at least 4 members (excludes halogenated alkanes) is 1. The van der Waals surface area contributed by atoms with E-state index in [1.807, 2.05) is 13.0 Å². The lowest BCUT2D eigenvalue weighted by atomic mass is 10.3. The Bertz CT molecular complexity index is 532. The number of nitrogens with one attached hydrogen (secondary N) is 2. The Hall–Kier alpha value is -0.920. The van der Waals surface area contributed by atoms with E-state index in [1.54, 1.807) is 18.2 Å². The molecule has 1 amide bonds. The minimum atomic E-state index is -3.36. The largest absolute Gasteiger partial charge is 0.324 e. The van der Waals surface area contributed by atoms with E-state index >= 15 is 0 Å². The fourth-order valence-corrected chi connectivity index (χ4v) is 2.89. The molecule has 1 aromatic carbocycles. The summed E-state index contributed by atoms with van der Waals surface area (Å²) in [4.78, 5) is 11.6. The summed E-state index contributed by atoms with van der Waals surface area (Å²) in [6.07, 6.45) is 1.38. The summed E-state index contributed by atoms with van der Waals surface area (Å²) in [6, 6.07) is 7.13. The van der Waals surface area contributed by atoms with Gasteiger partial charge >= 0.3 is 0 Å². The molecule has 0 heterocycles. The fourth-order valence-electron chi connectivity index (χ4n) is 1.34. The zero-order valence-electron chi connectivity index (χ0n) is 10.6. The Balaban J connectivity index is 2.47. The second-order valence-corrected chi connectivity index (χ2v) is 6.80. The first-order valence-electron chi connectivity index (χ1n) is 5.96. The van der Waals surface area contributed by atoms with Crippen molar-refractivity contribution in [3.63, 3.8) is 0 Å². The van der Waals surface area contributed by atoms with Gasteiger partial charge in [0.15, 0.2) is 0 Å². The lowest BCUT2D eigenvalue weighted by Crippen LogP contribution is -2.34. The Morgan fingerprint density at radius 3 is 2.63 bits per heavy atom. The van der Waals surface area contributed by atoms with Crippen LogP contribution in [0.2, 0.25) is 0 Å². The van der Waals surface area contributed by atoms with E-state index in [2.05, 4.69) is 26.0 Å². The standard InChI is InChI=1S/C12H17BrN2O3S/c1-2-3-8-19(17,18)14-9-12(16)15-11-7-5-4-6-10(11)13/h4-7,14H,2-3,8-9H2,1H3,(H,15,16). The predicted molar refractivity (Wildman–Crippen MR) is 79.5 cm³/mol. The molecule has 5 nitrogen and oxygen atoms in total. The molecule has 106 valence electrons. The van der Waals surface area contributed by atoms with Gasteiger partial charge in [0.25, 0.3) is 0 Å². The summed E-state index contributed by atoms with van der Waals surface area (Å²) in [5.41, 5.74) is 0.611. The highest BCUT2D eigenvalue weighted by Crippen LogP contribution is 2.20. The maximum Gasteiger partial charge on any atom is 0.239 e. The number of benzene rings is 1. The topological polar surface area (TPSA) is 75.3 Å². The number of carbonyl (C=O) groups excluding carboxylic acids is 1. The first-order chi connectivity index (χ1) is 8.94. The zero-order valence-corrected chi connectivity index (χ0v) is 13.1. The lowest BCUT2D eigenvalue weighted by Gasteiger charge is -2.08. The number of hydrogen-bond acceptors (Lipinski definition) is 3. The molecular formula is C12H17BrN2O3S. The van der Waals surface area contributed by atoms with Crippen molar-refractivity contribution < 1.29 is 13.2 Å². The highest BCUT2D eigenvalue weighted by molar-refractivity contribution is 9.10. The second-order valence-electron chi connectivity index (χ2n) is 4.02. The predicted octanol–water partition coefficient (Wildman–Crippen LogP) is 2.11.